The van der Waals surface area contributed by atoms with Crippen LogP contribution in [0.5, 0.6) is 0 Å². The van der Waals surface area contributed by atoms with Crippen LogP contribution in [0.2, 0.25) is 0 Å². The number of hydrogen-bond donors (Lipinski definition) is 1. The maximum atomic E-state index is 9.97. The lowest BCUT2D eigenvalue weighted by Gasteiger charge is -2.37. The van der Waals surface area contributed by atoms with Gasteiger partial charge >= 0.3 is 0 Å². The molecule has 0 amide bonds. The van der Waals surface area contributed by atoms with Gasteiger partial charge in [0.15, 0.2) is 0 Å². The van der Waals surface area contributed by atoms with Gasteiger partial charge in [-0.25, -0.2) is 0 Å². The predicted molar refractivity (Wildman–Crippen MR) is 50.6 cm³/mol. The van der Waals surface area contributed by atoms with Crippen molar-refractivity contribution in [3.63, 3.8) is 0 Å². The molecule has 1 aliphatic rings. The minimum absolute atomic E-state index is 0.426. The number of aryl methyl sites for hydroxylation is 2. The number of ether oxygens (including phenoxy) is 1. The Hall–Kier alpha value is -0.860. The summed E-state index contributed by atoms with van der Waals surface area (Å²) in [6, 6.07) is 6.06. The van der Waals surface area contributed by atoms with Gasteiger partial charge in [0.05, 0.1) is 13.2 Å². The second-order valence-corrected chi connectivity index (χ2v) is 3.82. The average Bonchev–Trinajstić information content (AvgIpc) is 2.06. The molecule has 1 fully saturated rings. The van der Waals surface area contributed by atoms with Crippen molar-refractivity contribution in [2.45, 2.75) is 19.4 Å². The summed E-state index contributed by atoms with van der Waals surface area (Å²) < 4.78 is 5.01. The van der Waals surface area contributed by atoms with Crippen LogP contribution in [0, 0.1) is 13.8 Å². The standard InChI is InChI=1S/C11H14O2/c1-8-3-4-10(5-9(8)2)11(12)6-13-7-11/h3-5,12H,6-7H2,1-2H3. The van der Waals surface area contributed by atoms with Crippen molar-refractivity contribution in [2.75, 3.05) is 13.2 Å². The van der Waals surface area contributed by atoms with Crippen LogP contribution in [0.15, 0.2) is 18.2 Å². The molecule has 0 unspecified atom stereocenters. The molecule has 1 aliphatic heterocycles. The Morgan fingerprint density at radius 2 is 1.92 bits per heavy atom. The molecule has 2 nitrogen and oxygen atoms in total. The van der Waals surface area contributed by atoms with Crippen LogP contribution in [0.25, 0.3) is 0 Å². The third-order valence-corrected chi connectivity index (χ3v) is 2.73. The molecule has 70 valence electrons. The molecule has 0 saturated carbocycles. The first-order valence-electron chi connectivity index (χ1n) is 4.50. The fraction of sp³-hybridized carbons (Fsp3) is 0.455. The predicted octanol–water partition coefficient (Wildman–Crippen LogP) is 1.52. The normalized spacial score (nSPS) is 19.6. The average molecular weight is 178 g/mol. The van der Waals surface area contributed by atoms with Gasteiger partial charge in [0.25, 0.3) is 0 Å². The van der Waals surface area contributed by atoms with Gasteiger partial charge in [0, 0.05) is 0 Å². The second kappa shape index (κ2) is 2.82. The van der Waals surface area contributed by atoms with Crippen molar-refractivity contribution >= 4 is 0 Å². The van der Waals surface area contributed by atoms with E-state index in [0.717, 1.165) is 5.56 Å². The molecule has 2 heteroatoms. The van der Waals surface area contributed by atoms with Gasteiger partial charge in [-0.05, 0) is 30.5 Å². The molecule has 0 radical (unpaired) electrons. The summed E-state index contributed by atoms with van der Waals surface area (Å²) in [6.07, 6.45) is 0. The fourth-order valence-corrected chi connectivity index (χ4v) is 1.49. The van der Waals surface area contributed by atoms with E-state index in [1.54, 1.807) is 0 Å². The number of benzene rings is 1. The van der Waals surface area contributed by atoms with E-state index in [1.807, 2.05) is 18.2 Å². The van der Waals surface area contributed by atoms with E-state index in [0.29, 0.717) is 13.2 Å². The molecule has 0 bridgehead atoms. The summed E-state index contributed by atoms with van der Waals surface area (Å²) in [5.74, 6) is 0. The molecule has 1 heterocycles. The van der Waals surface area contributed by atoms with Gasteiger partial charge < -0.3 is 9.84 Å². The maximum absolute atomic E-state index is 9.97. The van der Waals surface area contributed by atoms with Crippen molar-refractivity contribution < 1.29 is 9.84 Å². The van der Waals surface area contributed by atoms with Crippen molar-refractivity contribution in [1.82, 2.24) is 0 Å². The summed E-state index contributed by atoms with van der Waals surface area (Å²) >= 11 is 0. The zero-order chi connectivity index (χ0) is 9.47. The lowest BCUT2D eigenvalue weighted by Crippen LogP contribution is -2.46. The first-order chi connectivity index (χ1) is 6.12. The van der Waals surface area contributed by atoms with Crippen LogP contribution in [-0.4, -0.2) is 18.3 Å². The Kier molecular flexibility index (Phi) is 1.90. The van der Waals surface area contributed by atoms with Gasteiger partial charge in [-0.3, -0.25) is 0 Å². The highest BCUT2D eigenvalue weighted by atomic mass is 16.5. The maximum Gasteiger partial charge on any atom is 0.136 e. The summed E-state index contributed by atoms with van der Waals surface area (Å²) in [6.45, 7) is 4.98. The molecule has 0 aromatic heterocycles. The Balaban J connectivity index is 2.36. The zero-order valence-corrected chi connectivity index (χ0v) is 8.00. The Morgan fingerprint density at radius 1 is 1.23 bits per heavy atom. The Bertz CT molecular complexity index is 327. The van der Waals surface area contributed by atoms with E-state index in [-0.39, 0.29) is 0 Å². The van der Waals surface area contributed by atoms with Crippen LogP contribution >= 0.6 is 0 Å². The lowest BCUT2D eigenvalue weighted by molar-refractivity contribution is -0.184. The molecular formula is C11H14O2. The quantitative estimate of drug-likeness (QED) is 0.706. The molecule has 1 N–H and O–H groups in total. The van der Waals surface area contributed by atoms with Crippen molar-refractivity contribution in [1.29, 1.82) is 0 Å². The third-order valence-electron chi connectivity index (χ3n) is 2.73. The van der Waals surface area contributed by atoms with Gasteiger partial charge in [-0.1, -0.05) is 18.2 Å². The van der Waals surface area contributed by atoms with Crippen LogP contribution < -0.4 is 0 Å². The Morgan fingerprint density at radius 3 is 2.38 bits per heavy atom. The monoisotopic (exact) mass is 178 g/mol. The Labute approximate surface area is 78.2 Å². The number of hydrogen-bond acceptors (Lipinski definition) is 2. The van der Waals surface area contributed by atoms with E-state index in [2.05, 4.69) is 13.8 Å². The lowest BCUT2D eigenvalue weighted by atomic mass is 9.90. The molecular weight excluding hydrogens is 164 g/mol. The van der Waals surface area contributed by atoms with Gasteiger partial charge in [-0.2, -0.15) is 0 Å². The largest absolute Gasteiger partial charge is 0.380 e. The highest BCUT2D eigenvalue weighted by molar-refractivity contribution is 5.34. The van der Waals surface area contributed by atoms with Crippen LogP contribution in [-0.2, 0) is 10.3 Å². The summed E-state index contributed by atoms with van der Waals surface area (Å²) in [7, 11) is 0. The van der Waals surface area contributed by atoms with Crippen molar-refractivity contribution in [2.24, 2.45) is 0 Å². The molecule has 1 saturated heterocycles. The molecule has 0 spiro atoms. The summed E-state index contributed by atoms with van der Waals surface area (Å²) in [4.78, 5) is 0. The van der Waals surface area contributed by atoms with Crippen molar-refractivity contribution in [3.05, 3.63) is 34.9 Å². The number of rotatable bonds is 1. The van der Waals surface area contributed by atoms with E-state index in [9.17, 15) is 5.11 Å². The molecule has 0 aliphatic carbocycles. The van der Waals surface area contributed by atoms with E-state index >= 15 is 0 Å². The molecule has 1 aromatic carbocycles. The minimum atomic E-state index is -0.724. The van der Waals surface area contributed by atoms with E-state index in [1.165, 1.54) is 11.1 Å². The van der Waals surface area contributed by atoms with Gasteiger partial charge in [-0.15, -0.1) is 0 Å². The number of aliphatic hydroxyl groups is 1. The molecule has 1 aromatic rings. The van der Waals surface area contributed by atoms with Crippen LogP contribution in [0.1, 0.15) is 16.7 Å². The summed E-state index contributed by atoms with van der Waals surface area (Å²) in [5, 5.41) is 9.97. The van der Waals surface area contributed by atoms with Crippen LogP contribution in [0.4, 0.5) is 0 Å². The SMILES string of the molecule is Cc1ccc(C2(O)COC2)cc1C. The summed E-state index contributed by atoms with van der Waals surface area (Å²) in [5.41, 5.74) is 2.73. The highest BCUT2D eigenvalue weighted by Gasteiger charge is 2.37. The first kappa shape index (κ1) is 8.73. The van der Waals surface area contributed by atoms with Crippen LogP contribution in [0.3, 0.4) is 0 Å². The molecule has 2 rings (SSSR count). The fourth-order valence-electron chi connectivity index (χ4n) is 1.49. The van der Waals surface area contributed by atoms with Gasteiger partial charge in [0.2, 0.25) is 0 Å². The topological polar surface area (TPSA) is 29.5 Å². The highest BCUT2D eigenvalue weighted by Crippen LogP contribution is 2.30. The van der Waals surface area contributed by atoms with Gasteiger partial charge in [0.1, 0.15) is 5.60 Å². The van der Waals surface area contributed by atoms with E-state index < -0.39 is 5.60 Å². The molecule has 13 heavy (non-hydrogen) atoms. The second-order valence-electron chi connectivity index (χ2n) is 3.82. The smallest absolute Gasteiger partial charge is 0.136 e. The van der Waals surface area contributed by atoms with E-state index in [4.69, 9.17) is 4.74 Å². The third kappa shape index (κ3) is 1.36. The first-order valence-corrected chi connectivity index (χ1v) is 4.50. The zero-order valence-electron chi connectivity index (χ0n) is 8.00. The molecule has 0 atom stereocenters. The van der Waals surface area contributed by atoms with Crippen molar-refractivity contribution in [3.8, 4) is 0 Å². The minimum Gasteiger partial charge on any atom is -0.380 e.